The summed E-state index contributed by atoms with van der Waals surface area (Å²) in [7, 11) is 2.18. The normalized spacial score (nSPS) is 11.3. The van der Waals surface area contributed by atoms with Gasteiger partial charge < -0.3 is 18.9 Å². The number of rotatable bonds is 9. The average molecular weight is 451 g/mol. The molecule has 9 nitrogen and oxygen atoms in total. The van der Waals surface area contributed by atoms with E-state index in [2.05, 4.69) is 0 Å². The van der Waals surface area contributed by atoms with Gasteiger partial charge in [0.15, 0.2) is 9.84 Å². The molecule has 0 fully saturated rings. The molecule has 0 aliphatic rings. The molecule has 0 aliphatic heterocycles. The average Bonchev–Trinajstić information content (AvgIpc) is 2.75. The van der Waals surface area contributed by atoms with Crippen molar-refractivity contribution < 1.29 is 32.2 Å². The molecule has 1 amide bonds. The van der Waals surface area contributed by atoms with Crippen LogP contribution in [0.1, 0.15) is 18.1 Å². The van der Waals surface area contributed by atoms with E-state index in [1.54, 1.807) is 24.3 Å². The lowest BCUT2D eigenvalue weighted by Gasteiger charge is -2.18. The number of benzene rings is 2. The third-order valence-electron chi connectivity index (χ3n) is 4.41. The molecular formula is C21H26N2O7S. The minimum atomic E-state index is -3.69. The maximum absolute atomic E-state index is 12.7. The second kappa shape index (κ2) is 10.2. The van der Waals surface area contributed by atoms with Crippen molar-refractivity contribution >= 4 is 27.5 Å². The van der Waals surface area contributed by atoms with Gasteiger partial charge in [0, 0.05) is 24.5 Å². The molecule has 31 heavy (non-hydrogen) atoms. The van der Waals surface area contributed by atoms with E-state index in [-0.39, 0.29) is 11.4 Å². The molecule has 0 saturated carbocycles. The molecule has 168 valence electrons. The fourth-order valence-corrected chi connectivity index (χ4v) is 3.92. The number of hydrogen-bond acceptors (Lipinski definition) is 8. The monoisotopic (exact) mass is 450 g/mol. The minimum absolute atomic E-state index is 0.269. The Morgan fingerprint density at radius 1 is 0.968 bits per heavy atom. The van der Waals surface area contributed by atoms with Crippen LogP contribution in [0, 0.1) is 0 Å². The summed E-state index contributed by atoms with van der Waals surface area (Å²) in [4.78, 5) is 11.6. The van der Waals surface area contributed by atoms with Gasteiger partial charge in [-0.25, -0.2) is 19.3 Å². The van der Waals surface area contributed by atoms with Gasteiger partial charge >= 0.3 is 0 Å². The number of hydrogen-bond donors (Lipinski definition) is 1. The SMILES string of the molecule is COc1cc(OC)c(C=CS(=O)(=O)Cc2ccc(OC)c(N(N)C(C)=O)c2)c(OC)c1. The number of ether oxygens (including phenoxy) is 4. The lowest BCUT2D eigenvalue weighted by atomic mass is 10.1. The second-order valence-electron chi connectivity index (χ2n) is 6.45. The zero-order valence-electron chi connectivity index (χ0n) is 18.0. The van der Waals surface area contributed by atoms with Gasteiger partial charge in [0.25, 0.3) is 0 Å². The molecule has 0 saturated heterocycles. The fraction of sp³-hybridized carbons (Fsp3) is 0.286. The molecule has 2 aromatic carbocycles. The van der Waals surface area contributed by atoms with E-state index in [4.69, 9.17) is 24.8 Å². The smallest absolute Gasteiger partial charge is 0.238 e. The molecule has 0 unspecified atom stereocenters. The number of methoxy groups -OCH3 is 4. The van der Waals surface area contributed by atoms with Crippen LogP contribution in [0.3, 0.4) is 0 Å². The van der Waals surface area contributed by atoms with Crippen LogP contribution < -0.4 is 29.8 Å². The number of nitrogens with two attached hydrogens (primary N) is 1. The predicted octanol–water partition coefficient (Wildman–Crippen LogP) is 2.53. The molecule has 2 N–H and O–H groups in total. The first-order chi connectivity index (χ1) is 14.6. The number of nitrogens with zero attached hydrogens (tertiary/aromatic N) is 1. The Kier molecular flexibility index (Phi) is 7.89. The molecular weight excluding hydrogens is 424 g/mol. The molecule has 0 heterocycles. The van der Waals surface area contributed by atoms with Crippen molar-refractivity contribution in [2.75, 3.05) is 33.4 Å². The first kappa shape index (κ1) is 24.0. The van der Waals surface area contributed by atoms with Crippen molar-refractivity contribution in [2.45, 2.75) is 12.7 Å². The maximum Gasteiger partial charge on any atom is 0.238 e. The van der Waals surface area contributed by atoms with Crippen molar-refractivity contribution in [3.05, 3.63) is 46.9 Å². The van der Waals surface area contributed by atoms with Gasteiger partial charge in [0.2, 0.25) is 5.91 Å². The highest BCUT2D eigenvalue weighted by atomic mass is 32.2. The van der Waals surface area contributed by atoms with Crippen LogP contribution in [0.5, 0.6) is 23.0 Å². The summed E-state index contributed by atoms with van der Waals surface area (Å²) in [6, 6.07) is 7.91. The summed E-state index contributed by atoms with van der Waals surface area (Å²) in [5, 5.41) is 1.98. The second-order valence-corrected chi connectivity index (χ2v) is 8.34. The van der Waals surface area contributed by atoms with Crippen molar-refractivity contribution in [3.8, 4) is 23.0 Å². The topological polar surface area (TPSA) is 117 Å². The van der Waals surface area contributed by atoms with Gasteiger partial charge in [0.05, 0.1) is 39.8 Å². The molecule has 2 aromatic rings. The summed E-state index contributed by atoms with van der Waals surface area (Å²) < 4.78 is 46.5. The summed E-state index contributed by atoms with van der Waals surface area (Å²) in [6.07, 6.45) is 1.40. The predicted molar refractivity (Wildman–Crippen MR) is 118 cm³/mol. The Bertz CT molecular complexity index is 1060. The van der Waals surface area contributed by atoms with Crippen LogP contribution in [-0.4, -0.2) is 42.8 Å². The van der Waals surface area contributed by atoms with E-state index >= 15 is 0 Å². The summed E-state index contributed by atoms with van der Waals surface area (Å²) >= 11 is 0. The van der Waals surface area contributed by atoms with E-state index in [0.29, 0.717) is 34.1 Å². The summed E-state index contributed by atoms with van der Waals surface area (Å²) in [6.45, 7) is 1.29. The van der Waals surface area contributed by atoms with E-state index in [1.165, 1.54) is 47.5 Å². The molecule has 0 aromatic heterocycles. The van der Waals surface area contributed by atoms with E-state index in [0.717, 1.165) is 10.4 Å². The van der Waals surface area contributed by atoms with Crippen LogP contribution in [0.2, 0.25) is 0 Å². The molecule has 0 atom stereocenters. The Hall–Kier alpha value is -3.24. The van der Waals surface area contributed by atoms with Crippen molar-refractivity contribution in [3.63, 3.8) is 0 Å². The van der Waals surface area contributed by atoms with Gasteiger partial charge in [-0.1, -0.05) is 6.07 Å². The number of anilines is 1. The zero-order valence-corrected chi connectivity index (χ0v) is 18.9. The number of amides is 1. The standard InChI is InChI=1S/C21H26N2O7S/c1-14(24)23(22)18-10-15(6-7-19(18)28-3)13-31(25,26)9-8-17-20(29-4)11-16(27-2)12-21(17)30-5/h6-12H,13,22H2,1-5H3. The van der Waals surface area contributed by atoms with Crippen LogP contribution in [0.4, 0.5) is 5.69 Å². The number of carbonyl (C=O) groups is 1. The summed E-state index contributed by atoms with van der Waals surface area (Å²) in [5.41, 5.74) is 1.16. The molecule has 0 aliphatic carbocycles. The zero-order chi connectivity index (χ0) is 23.2. The Morgan fingerprint density at radius 3 is 2.03 bits per heavy atom. The lowest BCUT2D eigenvalue weighted by Crippen LogP contribution is -2.35. The molecule has 0 bridgehead atoms. The largest absolute Gasteiger partial charge is 0.496 e. The highest BCUT2D eigenvalue weighted by Gasteiger charge is 2.17. The molecule has 10 heteroatoms. The van der Waals surface area contributed by atoms with Gasteiger partial charge in [0.1, 0.15) is 28.7 Å². The maximum atomic E-state index is 12.7. The van der Waals surface area contributed by atoms with Crippen molar-refractivity contribution in [1.29, 1.82) is 0 Å². The van der Waals surface area contributed by atoms with Gasteiger partial charge in [-0.15, -0.1) is 0 Å². The van der Waals surface area contributed by atoms with Crippen molar-refractivity contribution in [2.24, 2.45) is 5.84 Å². The molecule has 2 rings (SSSR count). The fourth-order valence-electron chi connectivity index (χ4n) is 2.83. The Morgan fingerprint density at radius 2 is 1.55 bits per heavy atom. The molecule has 0 spiro atoms. The molecule has 0 radical (unpaired) electrons. The third kappa shape index (κ3) is 5.89. The van der Waals surface area contributed by atoms with E-state index in [1.807, 2.05) is 0 Å². The quantitative estimate of drug-likeness (QED) is 0.352. The Balaban J connectivity index is 2.37. The minimum Gasteiger partial charge on any atom is -0.496 e. The van der Waals surface area contributed by atoms with E-state index < -0.39 is 15.7 Å². The highest BCUT2D eigenvalue weighted by Crippen LogP contribution is 2.35. The number of sulfone groups is 1. The van der Waals surface area contributed by atoms with Gasteiger partial charge in [-0.2, -0.15) is 0 Å². The third-order valence-corrected chi connectivity index (χ3v) is 5.69. The highest BCUT2D eigenvalue weighted by molar-refractivity contribution is 7.93. The van der Waals surface area contributed by atoms with Gasteiger partial charge in [-0.3, -0.25) is 4.79 Å². The van der Waals surface area contributed by atoms with Crippen LogP contribution in [0.25, 0.3) is 6.08 Å². The van der Waals surface area contributed by atoms with E-state index in [9.17, 15) is 13.2 Å². The van der Waals surface area contributed by atoms with Crippen LogP contribution >= 0.6 is 0 Å². The first-order valence-corrected chi connectivity index (χ1v) is 10.8. The Labute approximate surface area is 181 Å². The van der Waals surface area contributed by atoms with Gasteiger partial charge in [-0.05, 0) is 23.8 Å². The number of hydrazine groups is 1. The lowest BCUT2D eigenvalue weighted by molar-refractivity contribution is -0.116. The van der Waals surface area contributed by atoms with Crippen LogP contribution in [-0.2, 0) is 20.4 Å². The first-order valence-electron chi connectivity index (χ1n) is 9.09. The van der Waals surface area contributed by atoms with Crippen molar-refractivity contribution in [1.82, 2.24) is 0 Å². The number of carbonyl (C=O) groups excluding carboxylic acids is 1. The van der Waals surface area contributed by atoms with Crippen LogP contribution in [0.15, 0.2) is 35.7 Å². The summed E-state index contributed by atoms with van der Waals surface area (Å²) in [5.74, 6) is 6.69.